The Morgan fingerprint density at radius 2 is 1.03 bits per heavy atom. The maximum absolute atomic E-state index is 12.2. The molecule has 1 radical (unpaired) electrons. The van der Waals surface area contributed by atoms with Gasteiger partial charge in [0.15, 0.2) is 0 Å². The smallest absolute Gasteiger partial charge is 0.217 e. The molecule has 0 saturated heterocycles. The van der Waals surface area contributed by atoms with Crippen molar-refractivity contribution >= 4 is 6.29 Å². The number of nitrogens with one attached hydrogen (secondary N) is 1. The minimum absolute atomic E-state index is 0.405. The molecule has 0 heterocycles. The van der Waals surface area contributed by atoms with E-state index in [1.807, 2.05) is 121 Å². The Morgan fingerprint density at radius 1 is 0.667 bits per heavy atom. The normalized spacial score (nSPS) is 12.9. The molecule has 0 aliphatic carbocycles. The van der Waals surface area contributed by atoms with E-state index in [1.54, 1.807) is 0 Å². The first-order chi connectivity index (χ1) is 15.3. The van der Waals surface area contributed by atoms with Gasteiger partial charge in [0.05, 0.1) is 11.6 Å². The van der Waals surface area contributed by atoms with E-state index in [4.69, 9.17) is 0 Å². The van der Waals surface area contributed by atoms with Crippen LogP contribution in [0.2, 0.25) is 1.41 Å². The lowest BCUT2D eigenvalue weighted by Crippen LogP contribution is -2.51. The summed E-state index contributed by atoms with van der Waals surface area (Å²) in [6, 6.07) is 38.9. The van der Waals surface area contributed by atoms with Crippen molar-refractivity contribution in [3.8, 4) is 0 Å². The average molecular weight is 393 g/mol. The Bertz CT molecular complexity index is 988. The van der Waals surface area contributed by atoms with Crippen molar-refractivity contribution in [2.24, 2.45) is 0 Å². The molecule has 4 aromatic rings. The fourth-order valence-corrected chi connectivity index (χ4v) is 3.95. The highest BCUT2D eigenvalue weighted by atomic mass is 16.1. The molecule has 1 atom stereocenters. The zero-order chi connectivity index (χ0) is 21.5. The van der Waals surface area contributed by atoms with Crippen LogP contribution in [0.4, 0.5) is 0 Å². The van der Waals surface area contributed by atoms with Gasteiger partial charge in [0.25, 0.3) is 0 Å². The SMILES string of the molecule is [3H]N([C@H]([C]=O)Cc1ccccc1)C(c1ccccc1)(c1ccccc1)c1ccccc1. The molecule has 2 heteroatoms. The van der Waals surface area contributed by atoms with Crippen molar-refractivity contribution in [3.05, 3.63) is 144 Å². The van der Waals surface area contributed by atoms with Gasteiger partial charge in [-0.15, -0.1) is 0 Å². The summed E-state index contributed by atoms with van der Waals surface area (Å²) in [5.41, 5.74) is 2.80. The van der Waals surface area contributed by atoms with Crippen molar-refractivity contribution in [2.45, 2.75) is 18.0 Å². The molecule has 0 spiro atoms. The second-order valence-corrected chi connectivity index (χ2v) is 7.26. The van der Waals surface area contributed by atoms with Gasteiger partial charge < -0.3 is 0 Å². The van der Waals surface area contributed by atoms with Crippen LogP contribution in [-0.2, 0) is 16.8 Å². The Labute approximate surface area is 179 Å². The number of rotatable bonds is 8. The molecule has 4 aromatic carbocycles. The molecule has 2 nitrogen and oxygen atoms in total. The van der Waals surface area contributed by atoms with Crippen LogP contribution >= 0.6 is 0 Å². The van der Waals surface area contributed by atoms with Crippen molar-refractivity contribution in [1.82, 2.24) is 5.31 Å². The molecule has 0 amide bonds. The summed E-state index contributed by atoms with van der Waals surface area (Å²) in [6.07, 6.45) is 2.56. The first kappa shape index (κ1) is 18.5. The third-order valence-electron chi connectivity index (χ3n) is 5.33. The third kappa shape index (κ3) is 4.10. The average Bonchev–Trinajstić information content (AvgIpc) is 2.85. The van der Waals surface area contributed by atoms with Gasteiger partial charge in [-0.05, 0) is 28.7 Å². The van der Waals surface area contributed by atoms with Crippen molar-refractivity contribution in [3.63, 3.8) is 0 Å². The van der Waals surface area contributed by atoms with Gasteiger partial charge in [-0.2, -0.15) is 0 Å². The highest BCUT2D eigenvalue weighted by Crippen LogP contribution is 2.37. The van der Waals surface area contributed by atoms with Crippen LogP contribution in [0, 0.1) is 0 Å². The van der Waals surface area contributed by atoms with Gasteiger partial charge in [0, 0.05) is 0 Å². The molecule has 0 saturated carbocycles. The Balaban J connectivity index is 1.94. The lowest BCUT2D eigenvalue weighted by atomic mass is 9.76. The number of hydrogen-bond acceptors (Lipinski definition) is 2. The van der Waals surface area contributed by atoms with Crippen LogP contribution in [0.25, 0.3) is 0 Å². The van der Waals surface area contributed by atoms with Crippen LogP contribution in [0.5, 0.6) is 0 Å². The van der Waals surface area contributed by atoms with Gasteiger partial charge in [-0.1, -0.05) is 121 Å². The molecular weight excluding hydrogens is 366 g/mol. The van der Waals surface area contributed by atoms with Gasteiger partial charge in [-0.25, -0.2) is 0 Å². The molecule has 4 rings (SSSR count). The van der Waals surface area contributed by atoms with Crippen molar-refractivity contribution in [2.75, 3.05) is 0 Å². The minimum atomic E-state index is -0.972. The van der Waals surface area contributed by atoms with E-state index < -0.39 is 11.6 Å². The molecule has 0 aromatic heterocycles. The lowest BCUT2D eigenvalue weighted by Gasteiger charge is -2.39. The summed E-state index contributed by atoms with van der Waals surface area (Å²) in [7, 11) is 0. The quantitative estimate of drug-likeness (QED) is 0.413. The number of benzene rings is 4. The van der Waals surface area contributed by atoms with E-state index in [9.17, 15) is 6.21 Å². The highest BCUT2D eigenvalue weighted by Gasteiger charge is 2.38. The fourth-order valence-electron chi connectivity index (χ4n) is 3.95. The standard InChI is InChI=1S/C28H24NO/c30-22-27(21-23-13-5-1-6-14-23)29-28(24-15-7-2-8-16-24,25-17-9-3-10-18-25)26-19-11-4-12-20-26/h1-20,27,29H,21H2/t27-/m0/s1/i/hT. The van der Waals surface area contributed by atoms with E-state index >= 15 is 0 Å². The van der Waals surface area contributed by atoms with Crippen LogP contribution in [-0.4, -0.2) is 12.3 Å². The molecule has 147 valence electrons. The lowest BCUT2D eigenvalue weighted by molar-refractivity contribution is 0.423. The van der Waals surface area contributed by atoms with Gasteiger partial charge in [0.1, 0.15) is 1.41 Å². The van der Waals surface area contributed by atoms with E-state index in [0.29, 0.717) is 6.42 Å². The molecule has 0 aliphatic rings. The van der Waals surface area contributed by atoms with E-state index in [2.05, 4.69) is 6.29 Å². The van der Waals surface area contributed by atoms with Gasteiger partial charge in [0.2, 0.25) is 6.29 Å². The van der Waals surface area contributed by atoms with Crippen molar-refractivity contribution < 1.29 is 6.21 Å². The molecule has 0 aliphatic heterocycles. The van der Waals surface area contributed by atoms with Crippen molar-refractivity contribution in [1.29, 1.82) is 0 Å². The van der Waals surface area contributed by atoms with Crippen LogP contribution in [0.15, 0.2) is 121 Å². The van der Waals surface area contributed by atoms with Crippen LogP contribution in [0.1, 0.15) is 22.3 Å². The molecule has 1 N–H and O–H groups in total. The van der Waals surface area contributed by atoms with Gasteiger partial charge >= 0.3 is 0 Å². The molecule has 0 unspecified atom stereocenters. The third-order valence-corrected chi connectivity index (χ3v) is 5.33. The largest absolute Gasteiger partial charge is 0.290 e. The molecule has 0 fully saturated rings. The van der Waals surface area contributed by atoms with E-state index in [-0.39, 0.29) is 0 Å². The topological polar surface area (TPSA) is 29.1 Å². The second kappa shape index (κ2) is 9.34. The minimum Gasteiger partial charge on any atom is -0.290 e. The predicted octanol–water partition coefficient (Wildman–Crippen LogP) is 5.29. The molecule has 0 bridgehead atoms. The Morgan fingerprint density at radius 3 is 1.40 bits per heavy atom. The zero-order valence-electron chi connectivity index (χ0n) is 17.7. The van der Waals surface area contributed by atoms with Gasteiger partial charge in [-0.3, -0.25) is 10.1 Å². The van der Waals surface area contributed by atoms with E-state index in [1.165, 1.54) is 5.31 Å². The van der Waals surface area contributed by atoms with Crippen LogP contribution in [0.3, 0.4) is 0 Å². The first-order valence-corrected chi connectivity index (χ1v) is 10.1. The maximum atomic E-state index is 12.2. The van der Waals surface area contributed by atoms with E-state index in [0.717, 1.165) is 22.3 Å². The summed E-state index contributed by atoms with van der Waals surface area (Å²) in [4.78, 5) is 12.2. The summed E-state index contributed by atoms with van der Waals surface area (Å²) in [6.45, 7) is 0. The predicted molar refractivity (Wildman–Crippen MR) is 122 cm³/mol. The fraction of sp³-hybridized carbons (Fsp3) is 0.107. The number of carbonyl (C=O) groups excluding carboxylic acids is 1. The second-order valence-electron chi connectivity index (χ2n) is 7.26. The monoisotopic (exact) mass is 392 g/mol. The highest BCUT2D eigenvalue weighted by molar-refractivity contribution is 5.61. The number of hydrogen-bond donors (Lipinski definition) is 1. The maximum Gasteiger partial charge on any atom is 0.217 e. The summed E-state index contributed by atoms with van der Waals surface area (Å²) >= 11 is 0. The molecule has 30 heavy (non-hydrogen) atoms. The summed E-state index contributed by atoms with van der Waals surface area (Å²) in [5, 5.41) is 1.42. The summed E-state index contributed by atoms with van der Waals surface area (Å²) in [5.74, 6) is 0. The molecular formula is C28H24NO. The Kier molecular flexibility index (Phi) is 5.77. The summed E-state index contributed by atoms with van der Waals surface area (Å²) < 4.78 is 9.37. The zero-order valence-corrected chi connectivity index (χ0v) is 16.7. The first-order valence-electron chi connectivity index (χ1n) is 10.6. The Hall–Kier alpha value is -3.49. The van der Waals surface area contributed by atoms with Crippen LogP contribution < -0.4 is 5.31 Å².